The van der Waals surface area contributed by atoms with Crippen molar-refractivity contribution in [1.29, 1.82) is 0 Å². The molecule has 0 unspecified atom stereocenters. The number of amides is 2. The van der Waals surface area contributed by atoms with Crippen LogP contribution in [-0.2, 0) is 16.0 Å². The second-order valence-electron chi connectivity index (χ2n) is 9.31. The summed E-state index contributed by atoms with van der Waals surface area (Å²) in [4.78, 5) is 36.5. The minimum atomic E-state index is -4.32. The van der Waals surface area contributed by atoms with E-state index in [4.69, 9.17) is 5.11 Å². The Balaban J connectivity index is 1.46. The van der Waals surface area contributed by atoms with Crippen LogP contribution in [-0.4, -0.2) is 52.1 Å². The number of aryl methyl sites for hydroxylation is 1. The van der Waals surface area contributed by atoms with Crippen LogP contribution in [0.1, 0.15) is 46.8 Å². The highest BCUT2D eigenvalue weighted by Crippen LogP contribution is 2.36. The quantitative estimate of drug-likeness (QED) is 0.188. The average molecular weight is 599 g/mol. The van der Waals surface area contributed by atoms with E-state index >= 15 is 0 Å². The number of anilines is 1. The Kier molecular flexibility index (Phi) is 11.7. The molecule has 0 aliphatic rings. The first kappa shape index (κ1) is 32.4. The van der Waals surface area contributed by atoms with E-state index in [0.717, 1.165) is 5.56 Å². The van der Waals surface area contributed by atoms with Gasteiger partial charge in [-0.05, 0) is 97.8 Å². The summed E-state index contributed by atoms with van der Waals surface area (Å²) in [6.45, 7) is 0.546. The monoisotopic (exact) mass is 598 g/mol. The summed E-state index contributed by atoms with van der Waals surface area (Å²) in [5.41, 5.74) is -1.27. The molecule has 0 radical (unpaired) electrons. The number of carbonyl (C=O) groups excluding carboxylic acids is 3. The number of halogens is 3. The molecule has 0 heterocycles. The van der Waals surface area contributed by atoms with Crippen LogP contribution in [0.5, 0.6) is 0 Å². The van der Waals surface area contributed by atoms with Crippen molar-refractivity contribution in [1.82, 2.24) is 5.32 Å². The van der Waals surface area contributed by atoms with Gasteiger partial charge in [0.2, 0.25) is 5.91 Å². The highest BCUT2D eigenvalue weighted by Gasteiger charge is 2.29. The number of alkyl halides is 3. The van der Waals surface area contributed by atoms with E-state index in [-0.39, 0.29) is 34.5 Å². The molecule has 7 nitrogen and oxygen atoms in total. The zero-order chi connectivity index (χ0) is 30.7. The summed E-state index contributed by atoms with van der Waals surface area (Å²) in [7, 11) is 0. The van der Waals surface area contributed by atoms with Crippen LogP contribution < -0.4 is 10.6 Å². The van der Waals surface area contributed by atoms with Crippen molar-refractivity contribution < 1.29 is 37.8 Å². The predicted molar refractivity (Wildman–Crippen MR) is 154 cm³/mol. The highest BCUT2D eigenvalue weighted by molar-refractivity contribution is 8.00. The van der Waals surface area contributed by atoms with E-state index in [1.165, 1.54) is 31.2 Å². The molecule has 11 heteroatoms. The predicted octanol–water partition coefficient (Wildman–Crippen LogP) is 4.70. The van der Waals surface area contributed by atoms with Gasteiger partial charge in [0.15, 0.2) is 5.78 Å². The lowest BCUT2D eigenvalue weighted by molar-refractivity contribution is -0.126. The molecular formula is C31H29F3N2O5S. The second kappa shape index (κ2) is 15.2. The number of aliphatic hydroxyl groups is 2. The first-order valence-electron chi connectivity index (χ1n) is 12.9. The van der Waals surface area contributed by atoms with Crippen molar-refractivity contribution >= 4 is 35.0 Å². The van der Waals surface area contributed by atoms with E-state index in [1.54, 1.807) is 48.5 Å². The number of thioether (sulfide) groups is 1. The number of nitrogens with one attached hydrogen (secondary N) is 2. The third kappa shape index (κ3) is 10.7. The lowest BCUT2D eigenvalue weighted by atomic mass is 10.1. The van der Waals surface area contributed by atoms with Crippen LogP contribution in [0.4, 0.5) is 18.9 Å². The molecule has 2 atom stereocenters. The molecule has 0 aliphatic carbocycles. The van der Waals surface area contributed by atoms with Gasteiger partial charge >= 0.3 is 5.51 Å². The second-order valence-corrected chi connectivity index (χ2v) is 10.5. The molecule has 0 saturated carbocycles. The minimum Gasteiger partial charge on any atom is -0.391 e. The van der Waals surface area contributed by atoms with Crippen LogP contribution >= 0.6 is 11.8 Å². The van der Waals surface area contributed by atoms with Gasteiger partial charge in [-0.3, -0.25) is 14.4 Å². The van der Waals surface area contributed by atoms with Crippen molar-refractivity contribution in [3.8, 4) is 11.8 Å². The lowest BCUT2D eigenvalue weighted by Crippen LogP contribution is -2.48. The SMILES string of the molecule is C[C@@H](O)[C@H](NC(=O)c1ccc(C#Cc2ccc(NC(=O)CCCc3ccc(SC(F)(F)F)cc3)cc2)cc1)C(=O)CO. The van der Waals surface area contributed by atoms with Crippen molar-refractivity contribution in [3.63, 3.8) is 0 Å². The molecule has 0 aliphatic heterocycles. The molecule has 0 aromatic heterocycles. The molecule has 42 heavy (non-hydrogen) atoms. The molecule has 0 saturated heterocycles. The van der Waals surface area contributed by atoms with Gasteiger partial charge in [0.1, 0.15) is 12.6 Å². The number of Topliss-reactive ketones (excluding diaryl/α,β-unsaturated/α-hetero) is 1. The molecule has 3 rings (SSSR count). The van der Waals surface area contributed by atoms with Crippen LogP contribution in [0.15, 0.2) is 77.7 Å². The summed E-state index contributed by atoms with van der Waals surface area (Å²) in [5.74, 6) is 4.53. The van der Waals surface area contributed by atoms with Crippen LogP contribution in [0.2, 0.25) is 0 Å². The van der Waals surface area contributed by atoms with Gasteiger partial charge in [-0.2, -0.15) is 13.2 Å². The Morgan fingerprint density at radius 2 is 1.48 bits per heavy atom. The van der Waals surface area contributed by atoms with Gasteiger partial charge in [0.25, 0.3) is 5.91 Å². The van der Waals surface area contributed by atoms with E-state index < -0.39 is 36.0 Å². The Hall–Kier alpha value is -4.11. The average Bonchev–Trinajstić information content (AvgIpc) is 2.95. The third-order valence-corrected chi connectivity index (χ3v) is 6.70. The van der Waals surface area contributed by atoms with Gasteiger partial charge in [-0.25, -0.2) is 0 Å². The van der Waals surface area contributed by atoms with E-state index in [1.807, 2.05) is 0 Å². The number of aliphatic hydroxyl groups excluding tert-OH is 2. The smallest absolute Gasteiger partial charge is 0.391 e. The number of carbonyl (C=O) groups is 3. The van der Waals surface area contributed by atoms with Gasteiger partial charge in [-0.1, -0.05) is 24.0 Å². The molecule has 4 N–H and O–H groups in total. The summed E-state index contributed by atoms with van der Waals surface area (Å²) >= 11 is -0.160. The summed E-state index contributed by atoms with van der Waals surface area (Å²) in [5, 5.41) is 23.9. The minimum absolute atomic E-state index is 0.122. The molecule has 220 valence electrons. The Morgan fingerprint density at radius 3 is 2.00 bits per heavy atom. The summed E-state index contributed by atoms with van der Waals surface area (Å²) in [6.07, 6.45) is 0.206. The zero-order valence-electron chi connectivity index (χ0n) is 22.6. The lowest BCUT2D eigenvalue weighted by Gasteiger charge is -2.19. The molecule has 0 fully saturated rings. The van der Waals surface area contributed by atoms with Crippen molar-refractivity contribution in [2.24, 2.45) is 0 Å². The first-order valence-corrected chi connectivity index (χ1v) is 13.7. The number of hydrogen-bond acceptors (Lipinski definition) is 6. The van der Waals surface area contributed by atoms with Crippen molar-refractivity contribution in [3.05, 3.63) is 95.1 Å². The number of benzene rings is 3. The van der Waals surface area contributed by atoms with E-state index in [0.29, 0.717) is 29.7 Å². The molecule has 0 spiro atoms. The normalized spacial score (nSPS) is 12.4. The van der Waals surface area contributed by atoms with Crippen LogP contribution in [0.25, 0.3) is 0 Å². The number of hydrogen-bond donors (Lipinski definition) is 4. The van der Waals surface area contributed by atoms with E-state index in [2.05, 4.69) is 22.5 Å². The zero-order valence-corrected chi connectivity index (χ0v) is 23.4. The maximum Gasteiger partial charge on any atom is 0.446 e. The van der Waals surface area contributed by atoms with E-state index in [9.17, 15) is 32.7 Å². The highest BCUT2D eigenvalue weighted by atomic mass is 32.2. The first-order chi connectivity index (χ1) is 19.9. The van der Waals surface area contributed by atoms with Gasteiger partial charge in [-0.15, -0.1) is 0 Å². The van der Waals surface area contributed by atoms with Crippen LogP contribution in [0, 0.1) is 11.8 Å². The van der Waals surface area contributed by atoms with Gasteiger partial charge < -0.3 is 20.8 Å². The molecule has 3 aromatic rings. The van der Waals surface area contributed by atoms with Crippen LogP contribution in [0.3, 0.4) is 0 Å². The Morgan fingerprint density at radius 1 is 0.905 bits per heavy atom. The molecule has 3 aromatic carbocycles. The fourth-order valence-electron chi connectivity index (χ4n) is 3.81. The summed E-state index contributed by atoms with van der Waals surface area (Å²) < 4.78 is 37.3. The fraction of sp³-hybridized carbons (Fsp3) is 0.258. The molecular weight excluding hydrogens is 569 g/mol. The van der Waals surface area contributed by atoms with Gasteiger partial charge in [0, 0.05) is 33.7 Å². The molecule has 0 bridgehead atoms. The topological polar surface area (TPSA) is 116 Å². The third-order valence-electron chi connectivity index (χ3n) is 5.96. The maximum absolute atomic E-state index is 12.4. The number of ketones is 1. The fourth-order valence-corrected chi connectivity index (χ4v) is 4.35. The summed E-state index contributed by atoms with van der Waals surface area (Å²) in [6, 6.07) is 18.2. The van der Waals surface area contributed by atoms with Crippen molar-refractivity contribution in [2.45, 2.75) is 48.7 Å². The Bertz CT molecular complexity index is 1430. The largest absolute Gasteiger partial charge is 0.446 e. The van der Waals surface area contributed by atoms with Crippen molar-refractivity contribution in [2.75, 3.05) is 11.9 Å². The van der Waals surface area contributed by atoms with Gasteiger partial charge in [0.05, 0.1) is 6.10 Å². The standard InChI is InChI=1S/C31H29F3N2O5S/c1-20(38)29(27(39)19-37)36-30(41)24-13-7-22(8-14-24)5-6-23-9-15-25(16-10-23)35-28(40)4-2-3-21-11-17-26(18-12-21)42-31(32,33)34/h7-18,20,29,37-38H,2-4,19H2,1H3,(H,35,40)(H,36,41)/t20-,29+/m1/s1. The molecule has 2 amide bonds. The Labute approximate surface area is 245 Å². The maximum atomic E-state index is 12.4. The number of rotatable bonds is 11.